The Balaban J connectivity index is 0.000000245. The summed E-state index contributed by atoms with van der Waals surface area (Å²) in [6.45, 7) is 4.59. The number of aryl methyl sites for hydroxylation is 1. The van der Waals surface area contributed by atoms with Crippen LogP contribution < -0.4 is 4.74 Å². The van der Waals surface area contributed by atoms with E-state index in [1.54, 1.807) is 12.7 Å². The second-order valence-electron chi connectivity index (χ2n) is 6.50. The van der Waals surface area contributed by atoms with Crippen LogP contribution in [0, 0.1) is 6.92 Å². The van der Waals surface area contributed by atoms with Crippen LogP contribution >= 0.6 is 0 Å². The van der Waals surface area contributed by atoms with E-state index >= 15 is 0 Å². The molecule has 2 aromatic carbocycles. The van der Waals surface area contributed by atoms with Crippen molar-refractivity contribution < 1.29 is 9.84 Å². The topological polar surface area (TPSA) is 29.5 Å². The average molecular weight is 328 g/mol. The van der Waals surface area contributed by atoms with Gasteiger partial charge in [0.1, 0.15) is 5.75 Å². The highest BCUT2D eigenvalue weighted by Crippen LogP contribution is 2.38. The lowest BCUT2D eigenvalue weighted by Crippen LogP contribution is -2.24. The molecule has 0 unspecified atom stereocenters. The minimum atomic E-state index is 0.464. The van der Waals surface area contributed by atoms with Gasteiger partial charge in [0.15, 0.2) is 0 Å². The first kappa shape index (κ1) is 20.2. The van der Waals surface area contributed by atoms with Crippen molar-refractivity contribution in [3.05, 3.63) is 65.7 Å². The lowest BCUT2D eigenvalue weighted by Gasteiger charge is -2.34. The lowest BCUT2D eigenvalue weighted by atomic mass is 9.71. The van der Waals surface area contributed by atoms with Crippen molar-refractivity contribution in [2.24, 2.45) is 0 Å². The Labute approximate surface area is 147 Å². The van der Waals surface area contributed by atoms with E-state index in [9.17, 15) is 0 Å². The van der Waals surface area contributed by atoms with Gasteiger partial charge < -0.3 is 9.84 Å². The molecule has 3 rings (SSSR count). The van der Waals surface area contributed by atoms with Crippen LogP contribution in [0.2, 0.25) is 0 Å². The number of para-hydroxylation sites is 1. The van der Waals surface area contributed by atoms with Crippen LogP contribution in [0.3, 0.4) is 0 Å². The SMILES string of the molecule is CO.COc1ccccc1.Cc1ccc(C2(C)CCCCC2)cc1. The molecule has 2 aromatic rings. The third kappa shape index (κ3) is 6.37. The molecule has 0 amide bonds. The molecule has 0 aliphatic heterocycles. The minimum Gasteiger partial charge on any atom is -0.497 e. The van der Waals surface area contributed by atoms with Crippen molar-refractivity contribution >= 4 is 0 Å². The third-order valence-corrected chi connectivity index (χ3v) is 4.68. The maximum atomic E-state index is 7.00. The van der Waals surface area contributed by atoms with E-state index in [1.807, 2.05) is 30.3 Å². The normalized spacial score (nSPS) is 15.2. The largest absolute Gasteiger partial charge is 0.497 e. The second-order valence-corrected chi connectivity index (χ2v) is 6.50. The maximum absolute atomic E-state index is 7.00. The summed E-state index contributed by atoms with van der Waals surface area (Å²) in [7, 11) is 2.66. The van der Waals surface area contributed by atoms with Crippen molar-refractivity contribution in [1.82, 2.24) is 0 Å². The van der Waals surface area contributed by atoms with Crippen LogP contribution in [0.25, 0.3) is 0 Å². The highest BCUT2D eigenvalue weighted by Gasteiger charge is 2.28. The monoisotopic (exact) mass is 328 g/mol. The molecular weight excluding hydrogens is 296 g/mol. The van der Waals surface area contributed by atoms with Gasteiger partial charge in [-0.2, -0.15) is 0 Å². The zero-order valence-electron chi connectivity index (χ0n) is 15.6. The van der Waals surface area contributed by atoms with Gasteiger partial charge in [-0.15, -0.1) is 0 Å². The summed E-state index contributed by atoms with van der Waals surface area (Å²) in [5.41, 5.74) is 3.38. The van der Waals surface area contributed by atoms with E-state index in [0.29, 0.717) is 5.41 Å². The molecule has 0 spiro atoms. The molecule has 0 heterocycles. The molecule has 1 saturated carbocycles. The van der Waals surface area contributed by atoms with Gasteiger partial charge in [0, 0.05) is 7.11 Å². The highest BCUT2D eigenvalue weighted by atomic mass is 16.5. The quantitative estimate of drug-likeness (QED) is 0.786. The number of aliphatic hydroxyl groups is 1. The number of methoxy groups -OCH3 is 1. The molecule has 1 fully saturated rings. The summed E-state index contributed by atoms with van der Waals surface area (Å²) in [5, 5.41) is 7.00. The fourth-order valence-electron chi connectivity index (χ4n) is 3.13. The van der Waals surface area contributed by atoms with Crippen molar-refractivity contribution in [2.75, 3.05) is 14.2 Å². The Morgan fingerprint density at radius 1 is 0.833 bits per heavy atom. The second kappa shape index (κ2) is 10.9. The molecule has 1 N–H and O–H groups in total. The molecule has 0 atom stereocenters. The molecular formula is C22H32O2. The highest BCUT2D eigenvalue weighted by molar-refractivity contribution is 5.28. The summed E-state index contributed by atoms with van der Waals surface area (Å²) in [6.07, 6.45) is 6.99. The summed E-state index contributed by atoms with van der Waals surface area (Å²) >= 11 is 0. The Morgan fingerprint density at radius 3 is 1.83 bits per heavy atom. The summed E-state index contributed by atoms with van der Waals surface area (Å²) < 4.78 is 4.91. The van der Waals surface area contributed by atoms with E-state index in [0.717, 1.165) is 12.9 Å². The van der Waals surface area contributed by atoms with Crippen LogP contribution in [-0.4, -0.2) is 19.3 Å². The first-order valence-corrected chi connectivity index (χ1v) is 8.75. The molecule has 1 aliphatic carbocycles. The van der Waals surface area contributed by atoms with Gasteiger partial charge in [-0.05, 0) is 42.9 Å². The molecule has 1 aliphatic rings. The maximum Gasteiger partial charge on any atom is 0.118 e. The Kier molecular flexibility index (Phi) is 9.18. The van der Waals surface area contributed by atoms with Crippen LogP contribution in [0.1, 0.15) is 50.2 Å². The molecule has 0 aromatic heterocycles. The Bertz CT molecular complexity index is 540. The predicted octanol–water partition coefficient (Wildman–Crippen LogP) is 5.52. The van der Waals surface area contributed by atoms with Gasteiger partial charge in [-0.25, -0.2) is 0 Å². The number of benzene rings is 2. The van der Waals surface area contributed by atoms with Crippen LogP contribution in [0.5, 0.6) is 5.75 Å². The zero-order valence-corrected chi connectivity index (χ0v) is 15.6. The first-order valence-electron chi connectivity index (χ1n) is 8.75. The number of ether oxygens (including phenoxy) is 1. The molecule has 2 nitrogen and oxygen atoms in total. The smallest absolute Gasteiger partial charge is 0.118 e. The first-order chi connectivity index (χ1) is 11.6. The summed E-state index contributed by atoms with van der Waals surface area (Å²) in [5.74, 6) is 0.910. The fourth-order valence-corrected chi connectivity index (χ4v) is 3.13. The van der Waals surface area contributed by atoms with Gasteiger partial charge in [0.05, 0.1) is 7.11 Å². The van der Waals surface area contributed by atoms with E-state index in [-0.39, 0.29) is 0 Å². The Hall–Kier alpha value is -1.80. The molecule has 132 valence electrons. The molecule has 0 saturated heterocycles. The van der Waals surface area contributed by atoms with Crippen molar-refractivity contribution in [3.8, 4) is 5.75 Å². The van der Waals surface area contributed by atoms with E-state index < -0.39 is 0 Å². The standard InChI is InChI=1S/C14H20.C7H8O.CH4O/c1-12-6-8-13(9-7-12)14(2)10-4-3-5-11-14;1-8-7-5-3-2-4-6-7;1-2/h6-9H,3-5,10-11H2,1-2H3;2-6H,1H3;2H,1H3. The van der Waals surface area contributed by atoms with E-state index in [4.69, 9.17) is 9.84 Å². The lowest BCUT2D eigenvalue weighted by molar-refractivity contribution is 0.319. The fraction of sp³-hybridized carbons (Fsp3) is 0.455. The predicted molar refractivity (Wildman–Crippen MR) is 103 cm³/mol. The van der Waals surface area contributed by atoms with E-state index in [1.165, 1.54) is 37.7 Å². The van der Waals surface area contributed by atoms with Crippen LogP contribution in [0.4, 0.5) is 0 Å². The molecule has 24 heavy (non-hydrogen) atoms. The van der Waals surface area contributed by atoms with Crippen molar-refractivity contribution in [1.29, 1.82) is 0 Å². The van der Waals surface area contributed by atoms with Crippen LogP contribution in [-0.2, 0) is 5.41 Å². The van der Waals surface area contributed by atoms with Crippen molar-refractivity contribution in [3.63, 3.8) is 0 Å². The average Bonchev–Trinajstić information content (AvgIpc) is 2.65. The minimum absolute atomic E-state index is 0.464. The number of hydrogen-bond donors (Lipinski definition) is 1. The van der Waals surface area contributed by atoms with Gasteiger partial charge in [0.25, 0.3) is 0 Å². The molecule has 2 heteroatoms. The number of rotatable bonds is 2. The third-order valence-electron chi connectivity index (χ3n) is 4.68. The molecule has 0 radical (unpaired) electrons. The molecule has 0 bridgehead atoms. The summed E-state index contributed by atoms with van der Waals surface area (Å²) in [6, 6.07) is 18.8. The van der Waals surface area contributed by atoms with E-state index in [2.05, 4.69) is 38.1 Å². The van der Waals surface area contributed by atoms with Gasteiger partial charge >= 0.3 is 0 Å². The van der Waals surface area contributed by atoms with Gasteiger partial charge in [-0.1, -0.05) is 74.2 Å². The Morgan fingerprint density at radius 2 is 1.38 bits per heavy atom. The zero-order chi connectivity index (χ0) is 17.8. The van der Waals surface area contributed by atoms with Crippen LogP contribution in [0.15, 0.2) is 54.6 Å². The number of hydrogen-bond acceptors (Lipinski definition) is 2. The van der Waals surface area contributed by atoms with Gasteiger partial charge in [-0.3, -0.25) is 0 Å². The summed E-state index contributed by atoms with van der Waals surface area (Å²) in [4.78, 5) is 0. The van der Waals surface area contributed by atoms with Crippen molar-refractivity contribution in [2.45, 2.75) is 51.4 Å². The number of aliphatic hydroxyl groups excluding tert-OH is 1. The van der Waals surface area contributed by atoms with Gasteiger partial charge in [0.2, 0.25) is 0 Å².